The van der Waals surface area contributed by atoms with Crippen LogP contribution >= 0.6 is 0 Å². The molecule has 0 radical (unpaired) electrons. The first-order valence-electron chi connectivity index (χ1n) is 23.1. The van der Waals surface area contributed by atoms with Crippen LogP contribution in [0.2, 0.25) is 0 Å². The molecule has 2 heteroatoms. The molecule has 1 heterocycles. The lowest BCUT2D eigenvalue weighted by molar-refractivity contribution is 0.636. The molecular weight excluding hydrogens is 811 g/mol. The SMILES string of the molecule is c1ccc(-c2oc3c4ccccc4c4ccc(-c5ccc(N(c6ccccc6)c6ccc7c(c6)C(c6ccccc6)(c6ccccc6)c6ccccc6-7)cc5)cc4c3c2-c2ccccc2)cc1. The smallest absolute Gasteiger partial charge is 0.143 e. The Hall–Kier alpha value is -8.72. The quantitative estimate of drug-likeness (QED) is 0.142. The summed E-state index contributed by atoms with van der Waals surface area (Å²) in [7, 11) is 0. The lowest BCUT2D eigenvalue weighted by Crippen LogP contribution is -2.28. The standard InChI is InChI=1S/C65H43NO/c1-6-20-45(21-7-1)61-62-58-42-47(36-40-54(58)53-30-16-17-32-57(53)64(62)67-63(61)46-22-8-2-9-23-46)44-34-37-51(38-35-44)66(50-28-14-5-15-29-50)52-39-41-56-55-31-18-19-33-59(55)65(60(56)43-52,48-24-10-3-11-25-48)49-26-12-4-13-27-49/h1-43H. The van der Waals surface area contributed by atoms with E-state index in [1.54, 1.807) is 0 Å². The van der Waals surface area contributed by atoms with Gasteiger partial charge in [0.1, 0.15) is 11.3 Å². The van der Waals surface area contributed by atoms with E-state index in [4.69, 9.17) is 4.42 Å². The van der Waals surface area contributed by atoms with Crippen LogP contribution in [0.5, 0.6) is 0 Å². The molecule has 2 nitrogen and oxygen atoms in total. The van der Waals surface area contributed by atoms with Gasteiger partial charge in [0.15, 0.2) is 0 Å². The molecule has 0 unspecified atom stereocenters. The highest BCUT2D eigenvalue weighted by Crippen LogP contribution is 2.57. The maximum atomic E-state index is 7.04. The molecule has 13 rings (SSSR count). The van der Waals surface area contributed by atoms with E-state index >= 15 is 0 Å². The van der Waals surface area contributed by atoms with E-state index < -0.39 is 5.41 Å². The largest absolute Gasteiger partial charge is 0.455 e. The predicted molar refractivity (Wildman–Crippen MR) is 280 cm³/mol. The van der Waals surface area contributed by atoms with Gasteiger partial charge in [-0.1, -0.05) is 218 Å². The third-order valence-electron chi connectivity index (χ3n) is 13.9. The van der Waals surface area contributed by atoms with E-state index in [9.17, 15) is 0 Å². The number of fused-ring (bicyclic) bond motifs is 9. The molecule has 0 atom stereocenters. The summed E-state index contributed by atoms with van der Waals surface area (Å²) in [6, 6.07) is 94.7. The Kier molecular flexibility index (Phi) is 9.11. The maximum absolute atomic E-state index is 7.04. The van der Waals surface area contributed by atoms with E-state index in [0.717, 1.165) is 67.0 Å². The van der Waals surface area contributed by atoms with Crippen LogP contribution in [-0.2, 0) is 5.41 Å². The summed E-state index contributed by atoms with van der Waals surface area (Å²) >= 11 is 0. The second-order valence-electron chi connectivity index (χ2n) is 17.5. The number of nitrogens with zero attached hydrogens (tertiary/aromatic N) is 1. The molecule has 0 saturated carbocycles. The summed E-state index contributed by atoms with van der Waals surface area (Å²) in [5, 5.41) is 5.80. The highest BCUT2D eigenvalue weighted by Gasteiger charge is 2.46. The Morgan fingerprint density at radius 2 is 0.821 bits per heavy atom. The van der Waals surface area contributed by atoms with Gasteiger partial charge < -0.3 is 9.32 Å². The molecule has 0 amide bonds. The molecule has 12 aromatic rings. The van der Waals surface area contributed by atoms with E-state index in [1.165, 1.54) is 49.5 Å². The van der Waals surface area contributed by atoms with Gasteiger partial charge >= 0.3 is 0 Å². The van der Waals surface area contributed by atoms with Crippen LogP contribution in [0, 0.1) is 0 Å². The Balaban J connectivity index is 0.979. The van der Waals surface area contributed by atoms with Crippen molar-refractivity contribution in [1.29, 1.82) is 0 Å². The summed E-state index contributed by atoms with van der Waals surface area (Å²) in [4.78, 5) is 2.40. The minimum absolute atomic E-state index is 0.499. The normalized spacial score (nSPS) is 12.6. The monoisotopic (exact) mass is 853 g/mol. The van der Waals surface area contributed by atoms with Crippen molar-refractivity contribution in [3.05, 3.63) is 283 Å². The number of para-hydroxylation sites is 1. The highest BCUT2D eigenvalue weighted by atomic mass is 16.3. The summed E-state index contributed by atoms with van der Waals surface area (Å²) < 4.78 is 7.04. The van der Waals surface area contributed by atoms with Crippen LogP contribution in [-0.4, -0.2) is 0 Å². The molecule has 314 valence electrons. The number of hydrogen-bond acceptors (Lipinski definition) is 2. The average Bonchev–Trinajstić information content (AvgIpc) is 3.96. The lowest BCUT2D eigenvalue weighted by atomic mass is 9.67. The van der Waals surface area contributed by atoms with Gasteiger partial charge in [-0.2, -0.15) is 0 Å². The van der Waals surface area contributed by atoms with E-state index in [1.807, 2.05) is 0 Å². The molecule has 1 aliphatic rings. The molecule has 1 aromatic heterocycles. The number of benzene rings is 11. The first-order chi connectivity index (χ1) is 33.3. The number of rotatable bonds is 8. The zero-order valence-electron chi connectivity index (χ0n) is 36.7. The molecular formula is C65H43NO. The third kappa shape index (κ3) is 6.11. The Morgan fingerprint density at radius 1 is 0.313 bits per heavy atom. The van der Waals surface area contributed by atoms with Crippen LogP contribution in [0.15, 0.2) is 265 Å². The number of hydrogen-bond donors (Lipinski definition) is 0. The van der Waals surface area contributed by atoms with E-state index in [-0.39, 0.29) is 0 Å². The van der Waals surface area contributed by atoms with Crippen LogP contribution < -0.4 is 4.90 Å². The van der Waals surface area contributed by atoms with Crippen molar-refractivity contribution in [2.24, 2.45) is 0 Å². The van der Waals surface area contributed by atoms with E-state index in [0.29, 0.717) is 0 Å². The Bertz CT molecular complexity index is 3730. The lowest BCUT2D eigenvalue weighted by Gasteiger charge is -2.35. The molecule has 11 aromatic carbocycles. The summed E-state index contributed by atoms with van der Waals surface area (Å²) in [6.45, 7) is 0. The third-order valence-corrected chi connectivity index (χ3v) is 13.9. The van der Waals surface area contributed by atoms with Crippen molar-refractivity contribution in [2.75, 3.05) is 4.90 Å². The minimum atomic E-state index is -0.499. The fourth-order valence-corrected chi connectivity index (χ4v) is 11.0. The van der Waals surface area contributed by atoms with Gasteiger partial charge in [0.05, 0.1) is 5.41 Å². The first-order valence-corrected chi connectivity index (χ1v) is 23.1. The van der Waals surface area contributed by atoms with Gasteiger partial charge in [0.25, 0.3) is 0 Å². The second kappa shape index (κ2) is 15.8. The molecule has 0 N–H and O–H groups in total. The fourth-order valence-electron chi connectivity index (χ4n) is 11.0. The van der Waals surface area contributed by atoms with Crippen LogP contribution in [0.3, 0.4) is 0 Å². The zero-order valence-corrected chi connectivity index (χ0v) is 36.7. The van der Waals surface area contributed by atoms with Gasteiger partial charge in [-0.3, -0.25) is 0 Å². The number of anilines is 3. The fraction of sp³-hybridized carbons (Fsp3) is 0.0154. The van der Waals surface area contributed by atoms with Crippen LogP contribution in [0.4, 0.5) is 17.1 Å². The van der Waals surface area contributed by atoms with Gasteiger partial charge in [-0.25, -0.2) is 0 Å². The van der Waals surface area contributed by atoms with Crippen molar-refractivity contribution in [1.82, 2.24) is 0 Å². The molecule has 0 spiro atoms. The minimum Gasteiger partial charge on any atom is -0.455 e. The molecule has 0 bridgehead atoms. The summed E-state index contributed by atoms with van der Waals surface area (Å²) in [5.74, 6) is 0.885. The highest BCUT2D eigenvalue weighted by molar-refractivity contribution is 6.29. The molecule has 67 heavy (non-hydrogen) atoms. The Labute approximate surface area is 390 Å². The van der Waals surface area contributed by atoms with Crippen molar-refractivity contribution in [2.45, 2.75) is 5.41 Å². The predicted octanol–water partition coefficient (Wildman–Crippen LogP) is 17.6. The van der Waals surface area contributed by atoms with Crippen LogP contribution in [0.25, 0.3) is 77.2 Å². The van der Waals surface area contributed by atoms with Gasteiger partial charge in [0.2, 0.25) is 0 Å². The zero-order chi connectivity index (χ0) is 44.3. The summed E-state index contributed by atoms with van der Waals surface area (Å²) in [6.07, 6.45) is 0. The molecule has 0 aliphatic heterocycles. The van der Waals surface area contributed by atoms with E-state index in [2.05, 4.69) is 266 Å². The number of furan rings is 1. The molecule has 0 saturated heterocycles. The molecule has 1 aliphatic carbocycles. The van der Waals surface area contributed by atoms with Crippen molar-refractivity contribution < 1.29 is 4.42 Å². The van der Waals surface area contributed by atoms with Gasteiger partial charge in [-0.05, 0) is 109 Å². The average molecular weight is 854 g/mol. The summed E-state index contributed by atoms with van der Waals surface area (Å²) in [5.41, 5.74) is 16.9. The maximum Gasteiger partial charge on any atom is 0.143 e. The van der Waals surface area contributed by atoms with Gasteiger partial charge in [0, 0.05) is 39.0 Å². The van der Waals surface area contributed by atoms with Crippen LogP contribution in [0.1, 0.15) is 22.3 Å². The van der Waals surface area contributed by atoms with Crippen molar-refractivity contribution in [3.8, 4) is 44.7 Å². The Morgan fingerprint density at radius 3 is 1.51 bits per heavy atom. The molecule has 0 fully saturated rings. The first kappa shape index (κ1) is 38.7. The van der Waals surface area contributed by atoms with Crippen molar-refractivity contribution >= 4 is 49.6 Å². The van der Waals surface area contributed by atoms with Crippen molar-refractivity contribution in [3.63, 3.8) is 0 Å². The van der Waals surface area contributed by atoms with Gasteiger partial charge in [-0.15, -0.1) is 0 Å². The second-order valence-corrected chi connectivity index (χ2v) is 17.5. The topological polar surface area (TPSA) is 16.4 Å².